The Kier molecular flexibility index (Phi) is 4.80. The number of benzene rings is 2. The Bertz CT molecular complexity index is 590. The lowest BCUT2D eigenvalue weighted by Gasteiger charge is -2.09. The van der Waals surface area contributed by atoms with E-state index in [0.29, 0.717) is 23.7 Å². The first kappa shape index (κ1) is 14.3. The van der Waals surface area contributed by atoms with Crippen LogP contribution in [0.5, 0.6) is 5.75 Å². The van der Waals surface area contributed by atoms with E-state index in [0.717, 1.165) is 10.0 Å². The van der Waals surface area contributed by atoms with Crippen molar-refractivity contribution in [3.8, 4) is 5.75 Å². The second kappa shape index (κ2) is 6.37. The maximum atomic E-state index is 13.1. The first-order valence-corrected chi connectivity index (χ1v) is 6.86. The summed E-state index contributed by atoms with van der Waals surface area (Å²) in [7, 11) is 0. The molecule has 0 radical (unpaired) electrons. The number of para-hydroxylation sites is 1. The van der Waals surface area contributed by atoms with Crippen LogP contribution in [-0.2, 0) is 13.1 Å². The number of hydrogen-bond donors (Lipinski definition) is 2. The summed E-state index contributed by atoms with van der Waals surface area (Å²) in [6.07, 6.45) is 0. The van der Waals surface area contributed by atoms with Crippen molar-refractivity contribution < 1.29 is 9.50 Å². The average molecular weight is 345 g/mol. The predicted molar refractivity (Wildman–Crippen MR) is 77.8 cm³/mol. The van der Waals surface area contributed by atoms with Gasteiger partial charge >= 0.3 is 0 Å². The van der Waals surface area contributed by atoms with Crippen LogP contribution < -0.4 is 5.32 Å². The van der Waals surface area contributed by atoms with E-state index in [1.807, 2.05) is 0 Å². The molecule has 2 aromatic carbocycles. The molecule has 2 aromatic rings. The average Bonchev–Trinajstić information content (AvgIpc) is 2.38. The van der Waals surface area contributed by atoms with Crippen LogP contribution in [0.25, 0.3) is 0 Å². The van der Waals surface area contributed by atoms with E-state index in [9.17, 15) is 9.50 Å². The van der Waals surface area contributed by atoms with Crippen molar-refractivity contribution in [2.75, 3.05) is 0 Å². The minimum absolute atomic E-state index is 0.0787. The van der Waals surface area contributed by atoms with Crippen LogP contribution in [0, 0.1) is 5.82 Å². The molecule has 0 saturated carbocycles. The van der Waals surface area contributed by atoms with Crippen molar-refractivity contribution in [3.63, 3.8) is 0 Å². The van der Waals surface area contributed by atoms with Crippen LogP contribution >= 0.6 is 27.5 Å². The lowest BCUT2D eigenvalue weighted by atomic mass is 10.2. The third-order valence-electron chi connectivity index (χ3n) is 2.71. The Morgan fingerprint density at radius 1 is 1.16 bits per heavy atom. The molecule has 0 aromatic heterocycles. The molecular weight excluding hydrogens is 333 g/mol. The van der Waals surface area contributed by atoms with Gasteiger partial charge in [-0.25, -0.2) is 4.39 Å². The number of halogens is 3. The highest BCUT2D eigenvalue weighted by Gasteiger charge is 2.06. The maximum Gasteiger partial charge on any atom is 0.138 e. The van der Waals surface area contributed by atoms with Gasteiger partial charge in [0, 0.05) is 23.1 Å². The van der Waals surface area contributed by atoms with Crippen molar-refractivity contribution in [1.82, 2.24) is 5.32 Å². The van der Waals surface area contributed by atoms with Crippen molar-refractivity contribution in [1.29, 1.82) is 0 Å². The normalized spacial score (nSPS) is 10.7. The molecule has 0 aliphatic rings. The molecule has 0 unspecified atom stereocenters. The van der Waals surface area contributed by atoms with Gasteiger partial charge in [0.2, 0.25) is 0 Å². The molecule has 19 heavy (non-hydrogen) atoms. The minimum Gasteiger partial charge on any atom is -0.506 e. The number of nitrogens with one attached hydrogen (secondary N) is 1. The van der Waals surface area contributed by atoms with Gasteiger partial charge in [-0.1, -0.05) is 39.7 Å². The molecule has 5 heteroatoms. The summed E-state index contributed by atoms with van der Waals surface area (Å²) < 4.78 is 14.0. The standard InChI is InChI=1S/C14H12BrClFNO/c15-12-5-4-11(17)6-10(12)8-18-7-9-2-1-3-13(16)14(9)19/h1-6,18-19H,7-8H2. The predicted octanol–water partition coefficient (Wildman–Crippen LogP) is 4.24. The van der Waals surface area contributed by atoms with Crippen LogP contribution in [0.1, 0.15) is 11.1 Å². The largest absolute Gasteiger partial charge is 0.506 e. The van der Waals surface area contributed by atoms with Crippen LogP contribution in [-0.4, -0.2) is 5.11 Å². The van der Waals surface area contributed by atoms with E-state index in [2.05, 4.69) is 21.2 Å². The van der Waals surface area contributed by atoms with Crippen LogP contribution in [0.4, 0.5) is 4.39 Å². The Hall–Kier alpha value is -1.10. The summed E-state index contributed by atoms with van der Waals surface area (Å²) in [4.78, 5) is 0. The number of phenols is 1. The quantitative estimate of drug-likeness (QED) is 0.869. The molecule has 2 rings (SSSR count). The van der Waals surface area contributed by atoms with Crippen molar-refractivity contribution in [2.45, 2.75) is 13.1 Å². The van der Waals surface area contributed by atoms with E-state index in [-0.39, 0.29) is 11.6 Å². The molecule has 2 nitrogen and oxygen atoms in total. The second-order valence-corrected chi connectivity index (χ2v) is 5.35. The van der Waals surface area contributed by atoms with E-state index in [4.69, 9.17) is 11.6 Å². The van der Waals surface area contributed by atoms with E-state index in [1.165, 1.54) is 12.1 Å². The van der Waals surface area contributed by atoms with Crippen molar-refractivity contribution >= 4 is 27.5 Å². The summed E-state index contributed by atoms with van der Waals surface area (Å²) in [6, 6.07) is 9.73. The fraction of sp³-hybridized carbons (Fsp3) is 0.143. The van der Waals surface area contributed by atoms with Crippen LogP contribution in [0.2, 0.25) is 5.02 Å². The third-order valence-corrected chi connectivity index (χ3v) is 3.79. The zero-order valence-corrected chi connectivity index (χ0v) is 12.3. The SMILES string of the molecule is Oc1c(Cl)cccc1CNCc1cc(F)ccc1Br. The molecule has 100 valence electrons. The van der Waals surface area contributed by atoms with E-state index < -0.39 is 0 Å². The summed E-state index contributed by atoms with van der Waals surface area (Å²) in [5.41, 5.74) is 1.53. The van der Waals surface area contributed by atoms with Gasteiger partial charge in [-0.3, -0.25) is 0 Å². The highest BCUT2D eigenvalue weighted by molar-refractivity contribution is 9.10. The highest BCUT2D eigenvalue weighted by atomic mass is 79.9. The molecule has 0 atom stereocenters. The lowest BCUT2D eigenvalue weighted by Crippen LogP contribution is -2.13. The highest BCUT2D eigenvalue weighted by Crippen LogP contribution is 2.26. The molecular formula is C14H12BrClFNO. The summed E-state index contributed by atoms with van der Waals surface area (Å²) in [6.45, 7) is 0.944. The zero-order valence-electron chi connectivity index (χ0n) is 9.96. The van der Waals surface area contributed by atoms with Gasteiger partial charge < -0.3 is 10.4 Å². The molecule has 0 fully saturated rings. The Morgan fingerprint density at radius 2 is 1.89 bits per heavy atom. The zero-order chi connectivity index (χ0) is 13.8. The van der Waals surface area contributed by atoms with Crippen molar-refractivity contribution in [3.05, 3.63) is 62.8 Å². The van der Waals surface area contributed by atoms with E-state index >= 15 is 0 Å². The topological polar surface area (TPSA) is 32.3 Å². The second-order valence-electron chi connectivity index (χ2n) is 4.09. The summed E-state index contributed by atoms with van der Waals surface area (Å²) >= 11 is 9.19. The third kappa shape index (κ3) is 3.69. The molecule has 0 aliphatic carbocycles. The van der Waals surface area contributed by atoms with Gasteiger partial charge in [0.05, 0.1) is 5.02 Å². The van der Waals surface area contributed by atoms with Gasteiger partial charge in [0.1, 0.15) is 11.6 Å². The summed E-state index contributed by atoms with van der Waals surface area (Å²) in [5, 5.41) is 13.2. The molecule has 2 N–H and O–H groups in total. The van der Waals surface area contributed by atoms with Gasteiger partial charge in [-0.15, -0.1) is 0 Å². The first-order chi connectivity index (χ1) is 9.08. The van der Waals surface area contributed by atoms with E-state index in [1.54, 1.807) is 24.3 Å². The van der Waals surface area contributed by atoms with Gasteiger partial charge in [0.25, 0.3) is 0 Å². The fourth-order valence-electron chi connectivity index (χ4n) is 1.71. The van der Waals surface area contributed by atoms with Gasteiger partial charge in [0.15, 0.2) is 0 Å². The molecule has 0 amide bonds. The van der Waals surface area contributed by atoms with Gasteiger partial charge in [-0.2, -0.15) is 0 Å². The summed E-state index contributed by atoms with van der Waals surface area (Å²) in [5.74, 6) is -0.194. The molecule has 0 heterocycles. The van der Waals surface area contributed by atoms with Crippen molar-refractivity contribution in [2.24, 2.45) is 0 Å². The maximum absolute atomic E-state index is 13.1. The number of phenolic OH excluding ortho intramolecular Hbond substituents is 1. The van der Waals surface area contributed by atoms with Gasteiger partial charge in [-0.05, 0) is 29.8 Å². The number of rotatable bonds is 4. The Balaban J connectivity index is 2.00. The van der Waals surface area contributed by atoms with Crippen LogP contribution in [0.3, 0.4) is 0 Å². The number of hydrogen-bond acceptors (Lipinski definition) is 2. The Labute approximate surface area is 124 Å². The first-order valence-electron chi connectivity index (χ1n) is 5.69. The Morgan fingerprint density at radius 3 is 2.68 bits per heavy atom. The minimum atomic E-state index is -0.273. The molecule has 0 saturated heterocycles. The lowest BCUT2D eigenvalue weighted by molar-refractivity contribution is 0.464. The smallest absolute Gasteiger partial charge is 0.138 e. The molecule has 0 aliphatic heterocycles. The number of aromatic hydroxyl groups is 1. The van der Waals surface area contributed by atoms with Crippen LogP contribution in [0.15, 0.2) is 40.9 Å². The fourth-order valence-corrected chi connectivity index (χ4v) is 2.29. The monoisotopic (exact) mass is 343 g/mol. The molecule has 0 bridgehead atoms. The molecule has 0 spiro atoms.